The SMILES string of the molecule is CN1CCN(NCC(=O)NCc2ccccc2)CC1. The molecule has 0 spiro atoms. The Kier molecular flexibility index (Phi) is 5.32. The predicted molar refractivity (Wildman–Crippen MR) is 75.4 cm³/mol. The van der Waals surface area contributed by atoms with Crippen LogP contribution >= 0.6 is 0 Å². The van der Waals surface area contributed by atoms with E-state index >= 15 is 0 Å². The summed E-state index contributed by atoms with van der Waals surface area (Å²) in [6.07, 6.45) is 0. The van der Waals surface area contributed by atoms with Crippen LogP contribution in [0.5, 0.6) is 0 Å². The Balaban J connectivity index is 1.62. The molecule has 104 valence electrons. The lowest BCUT2D eigenvalue weighted by molar-refractivity contribution is -0.121. The van der Waals surface area contributed by atoms with Gasteiger partial charge in [-0.25, -0.2) is 10.4 Å². The topological polar surface area (TPSA) is 47.6 Å². The fraction of sp³-hybridized carbons (Fsp3) is 0.500. The summed E-state index contributed by atoms with van der Waals surface area (Å²) >= 11 is 0. The number of hydrazine groups is 1. The smallest absolute Gasteiger partial charge is 0.235 e. The summed E-state index contributed by atoms with van der Waals surface area (Å²) in [5.41, 5.74) is 4.29. The van der Waals surface area contributed by atoms with Crippen LogP contribution < -0.4 is 10.7 Å². The van der Waals surface area contributed by atoms with E-state index in [-0.39, 0.29) is 5.91 Å². The van der Waals surface area contributed by atoms with Crippen LogP contribution in [0.4, 0.5) is 0 Å². The lowest BCUT2D eigenvalue weighted by Crippen LogP contribution is -2.52. The van der Waals surface area contributed by atoms with Gasteiger partial charge in [-0.1, -0.05) is 30.3 Å². The third-order valence-corrected chi connectivity index (χ3v) is 3.30. The Hall–Kier alpha value is -1.43. The van der Waals surface area contributed by atoms with Gasteiger partial charge in [-0.2, -0.15) is 0 Å². The number of hydrogen-bond donors (Lipinski definition) is 2. The van der Waals surface area contributed by atoms with Gasteiger partial charge in [0.05, 0.1) is 6.54 Å². The quantitative estimate of drug-likeness (QED) is 0.787. The minimum Gasteiger partial charge on any atom is -0.351 e. The van der Waals surface area contributed by atoms with Crippen LogP contribution in [0.25, 0.3) is 0 Å². The van der Waals surface area contributed by atoms with Crippen LogP contribution in [0.1, 0.15) is 5.56 Å². The Labute approximate surface area is 114 Å². The van der Waals surface area contributed by atoms with Crippen molar-refractivity contribution in [3.05, 3.63) is 35.9 Å². The number of nitrogens with zero attached hydrogens (tertiary/aromatic N) is 2. The van der Waals surface area contributed by atoms with Crippen molar-refractivity contribution in [3.63, 3.8) is 0 Å². The van der Waals surface area contributed by atoms with E-state index in [1.807, 2.05) is 30.3 Å². The van der Waals surface area contributed by atoms with Gasteiger partial charge >= 0.3 is 0 Å². The molecule has 0 aromatic heterocycles. The molecule has 5 nitrogen and oxygen atoms in total. The lowest BCUT2D eigenvalue weighted by atomic mass is 10.2. The summed E-state index contributed by atoms with van der Waals surface area (Å²) in [5, 5.41) is 5.02. The summed E-state index contributed by atoms with van der Waals surface area (Å²) < 4.78 is 0. The molecule has 1 amide bonds. The van der Waals surface area contributed by atoms with Crippen molar-refractivity contribution in [3.8, 4) is 0 Å². The molecule has 19 heavy (non-hydrogen) atoms. The molecule has 0 bridgehead atoms. The van der Waals surface area contributed by atoms with Crippen molar-refractivity contribution in [2.75, 3.05) is 39.8 Å². The first-order chi connectivity index (χ1) is 9.24. The zero-order valence-corrected chi connectivity index (χ0v) is 11.4. The number of amides is 1. The number of rotatable bonds is 5. The van der Waals surface area contributed by atoms with Crippen LogP contribution in [0.2, 0.25) is 0 Å². The molecule has 0 saturated carbocycles. The largest absolute Gasteiger partial charge is 0.351 e. The fourth-order valence-electron chi connectivity index (χ4n) is 2.01. The van der Waals surface area contributed by atoms with Crippen LogP contribution in [0.3, 0.4) is 0 Å². The van der Waals surface area contributed by atoms with Gasteiger partial charge in [0.1, 0.15) is 0 Å². The molecule has 1 fully saturated rings. The number of benzene rings is 1. The maximum atomic E-state index is 11.7. The molecule has 1 heterocycles. The first-order valence-electron chi connectivity index (χ1n) is 6.71. The summed E-state index contributed by atoms with van der Waals surface area (Å²) in [5.74, 6) is 0.0304. The molecular weight excluding hydrogens is 240 g/mol. The minimum absolute atomic E-state index is 0.0304. The van der Waals surface area contributed by atoms with Crippen molar-refractivity contribution >= 4 is 5.91 Å². The molecule has 1 aromatic rings. The highest BCUT2D eigenvalue weighted by molar-refractivity contribution is 5.77. The fourth-order valence-corrected chi connectivity index (χ4v) is 2.01. The zero-order chi connectivity index (χ0) is 13.5. The molecule has 1 aromatic carbocycles. The van der Waals surface area contributed by atoms with Gasteiger partial charge in [0.2, 0.25) is 5.91 Å². The Bertz CT molecular complexity index is 388. The van der Waals surface area contributed by atoms with Gasteiger partial charge in [0, 0.05) is 32.7 Å². The maximum absolute atomic E-state index is 11.7. The zero-order valence-electron chi connectivity index (χ0n) is 11.4. The Morgan fingerprint density at radius 3 is 2.53 bits per heavy atom. The highest BCUT2D eigenvalue weighted by Gasteiger charge is 2.13. The molecule has 0 aliphatic carbocycles. The number of carbonyl (C=O) groups excluding carboxylic acids is 1. The van der Waals surface area contributed by atoms with E-state index in [1.165, 1.54) is 0 Å². The normalized spacial score (nSPS) is 17.3. The van der Waals surface area contributed by atoms with Gasteiger partial charge in [0.15, 0.2) is 0 Å². The third kappa shape index (κ3) is 4.98. The molecule has 0 atom stereocenters. The van der Waals surface area contributed by atoms with Gasteiger partial charge in [-0.05, 0) is 12.6 Å². The molecule has 0 unspecified atom stereocenters. The minimum atomic E-state index is 0.0304. The van der Waals surface area contributed by atoms with E-state index in [0.717, 1.165) is 31.7 Å². The third-order valence-electron chi connectivity index (χ3n) is 3.30. The Morgan fingerprint density at radius 2 is 1.84 bits per heavy atom. The number of carbonyl (C=O) groups is 1. The van der Waals surface area contributed by atoms with E-state index < -0.39 is 0 Å². The van der Waals surface area contributed by atoms with Crippen molar-refractivity contribution in [1.29, 1.82) is 0 Å². The lowest BCUT2D eigenvalue weighted by Gasteiger charge is -2.32. The van der Waals surface area contributed by atoms with Crippen molar-refractivity contribution in [2.24, 2.45) is 0 Å². The standard InChI is InChI=1S/C14H22N4O/c1-17-7-9-18(10-8-17)16-12-14(19)15-11-13-5-3-2-4-6-13/h2-6,16H,7-12H2,1H3,(H,15,19). The number of nitrogens with one attached hydrogen (secondary N) is 2. The molecule has 0 radical (unpaired) electrons. The second-order valence-electron chi connectivity index (χ2n) is 4.89. The first-order valence-corrected chi connectivity index (χ1v) is 6.71. The molecule has 1 aliphatic heterocycles. The van der Waals surface area contributed by atoms with Crippen molar-refractivity contribution < 1.29 is 4.79 Å². The molecule has 1 saturated heterocycles. The first kappa shape index (κ1) is 14.0. The van der Waals surface area contributed by atoms with Gasteiger partial charge in [0.25, 0.3) is 0 Å². The van der Waals surface area contributed by atoms with Gasteiger partial charge < -0.3 is 10.2 Å². The molecule has 2 rings (SSSR count). The Morgan fingerprint density at radius 1 is 1.16 bits per heavy atom. The van der Waals surface area contributed by atoms with Crippen molar-refractivity contribution in [2.45, 2.75) is 6.54 Å². The monoisotopic (exact) mass is 262 g/mol. The summed E-state index contributed by atoms with van der Waals surface area (Å²) in [6, 6.07) is 9.94. The highest BCUT2D eigenvalue weighted by atomic mass is 16.2. The van der Waals surface area contributed by atoms with Crippen LogP contribution in [-0.2, 0) is 11.3 Å². The second kappa shape index (κ2) is 7.23. The summed E-state index contributed by atoms with van der Waals surface area (Å²) in [7, 11) is 2.11. The summed E-state index contributed by atoms with van der Waals surface area (Å²) in [4.78, 5) is 14.0. The number of piperazine rings is 1. The van der Waals surface area contributed by atoms with Crippen LogP contribution in [0.15, 0.2) is 30.3 Å². The average Bonchev–Trinajstić information content (AvgIpc) is 2.45. The van der Waals surface area contributed by atoms with E-state index in [1.54, 1.807) is 0 Å². The molecule has 2 N–H and O–H groups in total. The molecule has 1 aliphatic rings. The van der Waals surface area contributed by atoms with E-state index in [9.17, 15) is 4.79 Å². The van der Waals surface area contributed by atoms with Crippen molar-refractivity contribution in [1.82, 2.24) is 20.7 Å². The maximum Gasteiger partial charge on any atom is 0.235 e. The van der Waals surface area contributed by atoms with Gasteiger partial charge in [-0.15, -0.1) is 0 Å². The molecular formula is C14H22N4O. The summed E-state index contributed by atoms with van der Waals surface area (Å²) in [6.45, 7) is 4.93. The van der Waals surface area contributed by atoms with Crippen LogP contribution in [-0.4, -0.2) is 55.6 Å². The van der Waals surface area contributed by atoms with Gasteiger partial charge in [-0.3, -0.25) is 4.79 Å². The van der Waals surface area contributed by atoms with E-state index in [4.69, 9.17) is 0 Å². The van der Waals surface area contributed by atoms with E-state index in [0.29, 0.717) is 13.1 Å². The average molecular weight is 262 g/mol. The number of likely N-dealkylation sites (N-methyl/N-ethyl adjacent to an activating group) is 1. The number of hydrogen-bond acceptors (Lipinski definition) is 4. The predicted octanol–water partition coefficient (Wildman–Crippen LogP) is 0.0548. The van der Waals surface area contributed by atoms with E-state index in [2.05, 4.69) is 27.7 Å². The highest BCUT2D eigenvalue weighted by Crippen LogP contribution is 1.97. The second-order valence-corrected chi connectivity index (χ2v) is 4.89. The van der Waals surface area contributed by atoms with Crippen LogP contribution in [0, 0.1) is 0 Å². The molecule has 5 heteroatoms.